The van der Waals surface area contributed by atoms with E-state index in [1.807, 2.05) is 0 Å². The Hall–Kier alpha value is -1.41. The monoisotopic (exact) mass is 1060 g/mol. The lowest BCUT2D eigenvalue weighted by Crippen LogP contribution is -2.16. The van der Waals surface area contributed by atoms with Gasteiger partial charge < -0.3 is 109 Å². The van der Waals surface area contributed by atoms with E-state index in [1.54, 1.807) is 0 Å². The summed E-state index contributed by atoms with van der Waals surface area (Å²) < 4.78 is 120. The molecule has 0 amide bonds. The Balaban J connectivity index is 3.07. The predicted molar refractivity (Wildman–Crippen MR) is 261 cm³/mol. The number of ether oxygens (including phenoxy) is 22. The van der Waals surface area contributed by atoms with Crippen molar-refractivity contribution in [2.24, 2.45) is 0 Å². The Morgan fingerprint density at radius 2 is 0.292 bits per heavy atom. The highest BCUT2D eigenvalue weighted by Gasteiger charge is 2.00. The summed E-state index contributed by atoms with van der Waals surface area (Å²) in [4.78, 5) is 10.4. The molecule has 0 bridgehead atoms. The molecule has 0 saturated heterocycles. The lowest BCUT2D eigenvalue weighted by atomic mass is 10.5. The van der Waals surface area contributed by atoms with Crippen molar-refractivity contribution in [1.82, 2.24) is 0 Å². The summed E-state index contributed by atoms with van der Waals surface area (Å²) in [5.41, 5.74) is 0. The maximum absolute atomic E-state index is 10.4. The summed E-state index contributed by atoms with van der Waals surface area (Å²) >= 11 is 0. The number of carbonyl (C=O) groups is 1. The smallest absolute Gasteiger partial charge is 0.305 e. The number of carboxylic acid groups (broad SMARTS) is 1. The van der Waals surface area contributed by atoms with E-state index in [1.165, 1.54) is 0 Å². The van der Waals surface area contributed by atoms with Gasteiger partial charge in [0.2, 0.25) is 0 Å². The zero-order chi connectivity index (χ0) is 51.7. The molecule has 0 aliphatic carbocycles. The molecule has 0 spiro atoms. The fourth-order valence-electron chi connectivity index (χ4n) is 5.02. The van der Waals surface area contributed by atoms with Crippen molar-refractivity contribution >= 4 is 5.97 Å². The molecular formula is C48H96O24. The van der Waals surface area contributed by atoms with E-state index in [4.69, 9.17) is 109 Å². The van der Waals surface area contributed by atoms with Crippen LogP contribution in [0.2, 0.25) is 0 Å². The van der Waals surface area contributed by atoms with Crippen LogP contribution < -0.4 is 0 Å². The van der Waals surface area contributed by atoms with E-state index >= 15 is 0 Å². The largest absolute Gasteiger partial charge is 0.481 e. The lowest BCUT2D eigenvalue weighted by Gasteiger charge is -2.09. The normalized spacial score (nSPS) is 11.7. The number of rotatable bonds is 68. The third-order valence-corrected chi connectivity index (χ3v) is 8.62. The van der Waals surface area contributed by atoms with Crippen molar-refractivity contribution in [3.8, 4) is 0 Å². The Bertz CT molecular complexity index is 981. The minimum absolute atomic E-state index is 0.00855. The van der Waals surface area contributed by atoms with E-state index < -0.39 is 5.97 Å². The Labute approximate surface area is 429 Å². The molecule has 0 aromatic rings. The Kier molecular flexibility index (Phi) is 66.3. The molecule has 0 saturated carbocycles. The summed E-state index contributed by atoms with van der Waals surface area (Å²) in [5, 5.41) is 8.52. The molecule has 24 heteroatoms. The van der Waals surface area contributed by atoms with Crippen LogP contribution in [0.1, 0.15) is 19.8 Å². The van der Waals surface area contributed by atoms with Crippen LogP contribution in [0.3, 0.4) is 0 Å². The van der Waals surface area contributed by atoms with Gasteiger partial charge in [-0.1, -0.05) is 6.92 Å². The molecule has 24 nitrogen and oxygen atoms in total. The number of hydrogen-bond acceptors (Lipinski definition) is 23. The molecule has 0 aliphatic rings. The summed E-state index contributed by atoms with van der Waals surface area (Å²) in [5.74, 6) is -0.879. The quantitative estimate of drug-likeness (QED) is 0.0843. The van der Waals surface area contributed by atoms with Crippen molar-refractivity contribution < 1.29 is 114 Å². The van der Waals surface area contributed by atoms with E-state index in [0.29, 0.717) is 277 Å². The van der Waals surface area contributed by atoms with Crippen molar-refractivity contribution in [2.75, 3.05) is 291 Å². The van der Waals surface area contributed by atoms with Gasteiger partial charge in [-0.25, -0.2) is 0 Å². The highest BCUT2D eigenvalue weighted by atomic mass is 16.6. The van der Waals surface area contributed by atoms with Gasteiger partial charge in [-0.05, 0) is 6.42 Å². The molecule has 432 valence electrons. The summed E-state index contributed by atoms with van der Waals surface area (Å²) in [6.07, 6.45) is 1.01. The van der Waals surface area contributed by atoms with Crippen LogP contribution in [0.4, 0.5) is 0 Å². The van der Waals surface area contributed by atoms with Crippen LogP contribution in [0.5, 0.6) is 0 Å². The number of carboxylic acids is 1. The second-order valence-corrected chi connectivity index (χ2v) is 14.6. The van der Waals surface area contributed by atoms with Gasteiger partial charge in [0.25, 0.3) is 0 Å². The summed E-state index contributed by atoms with van der Waals surface area (Å²) in [6.45, 7) is 23.6. The third-order valence-electron chi connectivity index (χ3n) is 8.62. The lowest BCUT2D eigenvalue weighted by molar-refractivity contribution is -0.138. The first kappa shape index (κ1) is 70.6. The molecule has 0 unspecified atom stereocenters. The van der Waals surface area contributed by atoms with Crippen LogP contribution in [0.15, 0.2) is 0 Å². The maximum atomic E-state index is 10.4. The van der Waals surface area contributed by atoms with Crippen molar-refractivity contribution in [2.45, 2.75) is 19.8 Å². The Morgan fingerprint density at radius 3 is 0.389 bits per heavy atom. The molecule has 0 aliphatic heterocycles. The zero-order valence-electron chi connectivity index (χ0n) is 43.9. The van der Waals surface area contributed by atoms with Gasteiger partial charge in [0.05, 0.1) is 291 Å². The van der Waals surface area contributed by atoms with Gasteiger partial charge in [0.1, 0.15) is 0 Å². The Morgan fingerprint density at radius 1 is 0.194 bits per heavy atom. The average Bonchev–Trinajstić information content (AvgIpc) is 3.38. The SMILES string of the molecule is CCCOCCOCCOCCOCCOCCOCCOCCOCCOCCOCCOCCOCCOCCOCCOCCOCCOCCOCCOCCOCCOCCOCCC(=O)O. The molecule has 0 rings (SSSR count). The van der Waals surface area contributed by atoms with Crippen molar-refractivity contribution in [3.05, 3.63) is 0 Å². The standard InChI is InChI=1S/C48H96O24/c1-2-4-51-6-8-53-10-12-55-14-16-57-18-20-59-22-24-61-26-28-63-30-32-65-34-36-67-38-40-69-42-44-71-46-47-72-45-43-70-41-39-68-37-35-66-33-31-64-29-27-62-25-23-60-21-19-58-17-15-56-13-11-54-9-7-52-5-3-48(49)50/h2-47H2,1H3,(H,49,50). The molecule has 0 fully saturated rings. The topological polar surface area (TPSA) is 240 Å². The molecule has 0 aromatic heterocycles. The van der Waals surface area contributed by atoms with Gasteiger partial charge in [0.15, 0.2) is 0 Å². The van der Waals surface area contributed by atoms with Gasteiger partial charge in [-0.2, -0.15) is 0 Å². The second kappa shape index (κ2) is 67.6. The van der Waals surface area contributed by atoms with Gasteiger partial charge in [0, 0.05) is 6.61 Å². The predicted octanol–water partition coefficient (Wildman–Crippen LogP) is 1.24. The van der Waals surface area contributed by atoms with Crippen LogP contribution in [0.25, 0.3) is 0 Å². The second-order valence-electron chi connectivity index (χ2n) is 14.6. The van der Waals surface area contributed by atoms with Gasteiger partial charge in [-0.15, -0.1) is 0 Å². The maximum Gasteiger partial charge on any atom is 0.305 e. The minimum atomic E-state index is -0.879. The van der Waals surface area contributed by atoms with E-state index in [9.17, 15) is 4.79 Å². The average molecular weight is 1060 g/mol. The summed E-state index contributed by atoms with van der Waals surface area (Å²) in [6, 6.07) is 0. The summed E-state index contributed by atoms with van der Waals surface area (Å²) in [7, 11) is 0. The minimum Gasteiger partial charge on any atom is -0.481 e. The first-order valence-corrected chi connectivity index (χ1v) is 25.7. The van der Waals surface area contributed by atoms with Crippen molar-refractivity contribution in [3.63, 3.8) is 0 Å². The molecule has 0 aromatic carbocycles. The fourth-order valence-corrected chi connectivity index (χ4v) is 5.02. The van der Waals surface area contributed by atoms with E-state index in [0.717, 1.165) is 13.0 Å². The third kappa shape index (κ3) is 68.6. The molecule has 0 atom stereocenters. The van der Waals surface area contributed by atoms with Crippen LogP contribution in [0, 0.1) is 0 Å². The highest BCUT2D eigenvalue weighted by molar-refractivity contribution is 5.66. The van der Waals surface area contributed by atoms with Crippen LogP contribution >= 0.6 is 0 Å². The van der Waals surface area contributed by atoms with E-state index in [2.05, 4.69) is 6.92 Å². The molecular weight excluding hydrogens is 961 g/mol. The zero-order valence-corrected chi connectivity index (χ0v) is 43.9. The molecule has 0 heterocycles. The van der Waals surface area contributed by atoms with Crippen LogP contribution in [-0.4, -0.2) is 302 Å². The molecule has 72 heavy (non-hydrogen) atoms. The fraction of sp³-hybridized carbons (Fsp3) is 0.979. The van der Waals surface area contributed by atoms with Crippen molar-refractivity contribution in [1.29, 1.82) is 0 Å². The molecule has 0 radical (unpaired) electrons. The number of aliphatic carboxylic acids is 1. The van der Waals surface area contributed by atoms with Gasteiger partial charge in [-0.3, -0.25) is 4.79 Å². The van der Waals surface area contributed by atoms with Gasteiger partial charge >= 0.3 is 5.97 Å². The molecule has 1 N–H and O–H groups in total. The number of hydrogen-bond donors (Lipinski definition) is 1. The first-order chi connectivity index (χ1) is 35.8. The van der Waals surface area contributed by atoms with E-state index in [-0.39, 0.29) is 13.0 Å². The first-order valence-electron chi connectivity index (χ1n) is 25.7. The van der Waals surface area contributed by atoms with Crippen LogP contribution in [-0.2, 0) is 109 Å². The highest BCUT2D eigenvalue weighted by Crippen LogP contribution is 1.91.